The smallest absolute Gasteiger partial charge is 0.274 e. The maximum Gasteiger partial charge on any atom is 0.274 e. The van der Waals surface area contributed by atoms with Gasteiger partial charge in [0, 0.05) is 44.3 Å². The fourth-order valence-electron chi connectivity index (χ4n) is 3.46. The number of ether oxygens (including phenoxy) is 3. The van der Waals surface area contributed by atoms with E-state index < -0.39 is 19.2 Å². The Balaban J connectivity index is 1.31. The van der Waals surface area contributed by atoms with Crippen molar-refractivity contribution in [3.8, 4) is 17.2 Å². The fraction of sp³-hybridized carbons (Fsp3) is 0.381. The molecule has 0 saturated carbocycles. The maximum atomic E-state index is 12.1. The Labute approximate surface area is 174 Å². The average molecular weight is 399 g/mol. The highest BCUT2D eigenvalue weighted by Crippen LogP contribution is 2.34. The van der Waals surface area contributed by atoms with Crippen LogP contribution in [0.5, 0.6) is 17.2 Å². The predicted octanol–water partition coefficient (Wildman–Crippen LogP) is 2.22. The zero-order chi connectivity index (χ0) is 24.3. The van der Waals surface area contributed by atoms with Crippen molar-refractivity contribution in [2.24, 2.45) is 0 Å². The molecule has 2 aromatic heterocycles. The van der Waals surface area contributed by atoms with Gasteiger partial charge in [-0.2, -0.15) is 4.52 Å². The first-order chi connectivity index (χ1) is 16.0. The second-order valence-corrected chi connectivity index (χ2v) is 6.85. The Morgan fingerprint density at radius 1 is 1.17 bits per heavy atom. The molecule has 29 heavy (non-hydrogen) atoms. The standard InChI is InChI=1S/C21H22N4O4/c1-14-12-19-22-7-4-20(26)25(19)23-21(14)24-8-5-15(6-9-24)29-16-2-3-17-18(13-16)28-11-10-27-17/h2-4,7,12-13,15H,5-6,8-11H2,1H3/i10D2,11D2,15D. The number of aromatic nitrogens is 3. The molecule has 2 aliphatic heterocycles. The van der Waals surface area contributed by atoms with Gasteiger partial charge in [0.15, 0.2) is 23.0 Å². The first kappa shape index (κ1) is 13.0. The van der Waals surface area contributed by atoms with Crippen LogP contribution in [0.2, 0.25) is 0 Å². The molecule has 1 aromatic carbocycles. The van der Waals surface area contributed by atoms with Crippen LogP contribution in [0.4, 0.5) is 5.82 Å². The summed E-state index contributed by atoms with van der Waals surface area (Å²) in [6.45, 7) is -2.46. The van der Waals surface area contributed by atoms with Crippen molar-refractivity contribution in [2.75, 3.05) is 31.1 Å². The number of anilines is 1. The zero-order valence-electron chi connectivity index (χ0n) is 20.7. The van der Waals surface area contributed by atoms with Gasteiger partial charge in [0.2, 0.25) is 0 Å². The van der Waals surface area contributed by atoms with Crippen molar-refractivity contribution in [2.45, 2.75) is 25.8 Å². The van der Waals surface area contributed by atoms with Gasteiger partial charge >= 0.3 is 0 Å². The van der Waals surface area contributed by atoms with Crippen molar-refractivity contribution in [3.63, 3.8) is 0 Å². The molecule has 0 aliphatic carbocycles. The van der Waals surface area contributed by atoms with Gasteiger partial charge in [-0.3, -0.25) is 4.79 Å². The van der Waals surface area contributed by atoms with Crippen molar-refractivity contribution < 1.29 is 21.1 Å². The highest BCUT2D eigenvalue weighted by Gasteiger charge is 2.24. The Morgan fingerprint density at radius 2 is 1.97 bits per heavy atom. The summed E-state index contributed by atoms with van der Waals surface area (Å²) in [5.41, 5.74) is 1.08. The van der Waals surface area contributed by atoms with Gasteiger partial charge in [0.25, 0.3) is 5.56 Å². The molecule has 4 heterocycles. The summed E-state index contributed by atoms with van der Waals surface area (Å²) in [4.78, 5) is 18.3. The van der Waals surface area contributed by atoms with E-state index in [2.05, 4.69) is 10.1 Å². The van der Waals surface area contributed by atoms with Crippen molar-refractivity contribution in [1.82, 2.24) is 14.6 Å². The lowest BCUT2D eigenvalue weighted by molar-refractivity contribution is 0.159. The van der Waals surface area contributed by atoms with E-state index >= 15 is 0 Å². The van der Waals surface area contributed by atoms with Gasteiger partial charge in [0.1, 0.15) is 24.9 Å². The lowest BCUT2D eigenvalue weighted by Gasteiger charge is -2.33. The van der Waals surface area contributed by atoms with Crippen molar-refractivity contribution in [1.29, 1.82) is 0 Å². The topological polar surface area (TPSA) is 78.2 Å². The van der Waals surface area contributed by atoms with Crippen LogP contribution < -0.4 is 24.7 Å². The van der Waals surface area contributed by atoms with Gasteiger partial charge in [-0.25, -0.2) is 4.98 Å². The molecule has 0 spiro atoms. The summed E-state index contributed by atoms with van der Waals surface area (Å²) in [5, 5.41) is 4.47. The molecule has 5 rings (SSSR count). The minimum atomic E-state index is -2.68. The summed E-state index contributed by atoms with van der Waals surface area (Å²) in [6.07, 6.45) is 0.919. The molecule has 1 fully saturated rings. The van der Waals surface area contributed by atoms with Crippen LogP contribution >= 0.6 is 0 Å². The molecule has 8 nitrogen and oxygen atoms in total. The lowest BCUT2D eigenvalue weighted by Crippen LogP contribution is -2.39. The highest BCUT2D eigenvalue weighted by atomic mass is 16.6. The van der Waals surface area contributed by atoms with Gasteiger partial charge < -0.3 is 19.1 Å². The number of fused-ring (bicyclic) bond motifs is 2. The average Bonchev–Trinajstić information content (AvgIpc) is 2.75. The second kappa shape index (κ2) is 7.27. The van der Waals surface area contributed by atoms with Crippen LogP contribution in [0.1, 0.15) is 25.3 Å². The lowest BCUT2D eigenvalue weighted by atomic mass is 10.1. The fourth-order valence-corrected chi connectivity index (χ4v) is 3.46. The number of hydrogen-bond donors (Lipinski definition) is 0. The first-order valence-electron chi connectivity index (χ1n) is 11.8. The van der Waals surface area contributed by atoms with Crippen LogP contribution in [-0.2, 0) is 0 Å². The monoisotopic (exact) mass is 399 g/mol. The number of aryl methyl sites for hydroxylation is 1. The zero-order valence-corrected chi connectivity index (χ0v) is 15.7. The Bertz CT molecular complexity index is 1320. The molecule has 3 aromatic rings. The van der Waals surface area contributed by atoms with E-state index in [1.54, 1.807) is 6.07 Å². The molecule has 1 saturated heterocycles. The van der Waals surface area contributed by atoms with E-state index in [4.69, 9.17) is 21.1 Å². The van der Waals surface area contributed by atoms with Gasteiger partial charge in [-0.05, 0) is 30.7 Å². The second-order valence-electron chi connectivity index (χ2n) is 6.85. The van der Waals surface area contributed by atoms with E-state index in [1.807, 2.05) is 11.8 Å². The number of benzene rings is 1. The molecule has 0 radical (unpaired) electrons. The number of piperidine rings is 1. The van der Waals surface area contributed by atoms with E-state index in [0.29, 0.717) is 43.1 Å². The number of rotatable bonds is 3. The summed E-state index contributed by atoms with van der Waals surface area (Å²) in [5.74, 6) is 1.01. The molecule has 8 heteroatoms. The first-order valence-corrected chi connectivity index (χ1v) is 9.28. The summed E-state index contributed by atoms with van der Waals surface area (Å²) in [7, 11) is 0. The predicted molar refractivity (Wildman–Crippen MR) is 107 cm³/mol. The molecular formula is C21H22N4O4. The quantitative estimate of drug-likeness (QED) is 0.668. The minimum Gasteiger partial charge on any atom is -0.490 e. The SMILES string of the molecule is [2H]C1(Oc2ccc3c(c2)OC([2H])([2H])C([2H])([2H])O3)CCN(c2nn3c(=O)ccnc3cc2C)CC1. The molecule has 0 atom stereocenters. The molecule has 2 aliphatic rings. The maximum absolute atomic E-state index is 12.1. The van der Waals surface area contributed by atoms with Crippen LogP contribution in [-0.4, -0.2) is 46.9 Å². The van der Waals surface area contributed by atoms with E-state index in [1.165, 1.54) is 35.0 Å². The number of hydrogen-bond acceptors (Lipinski definition) is 7. The van der Waals surface area contributed by atoms with Crippen molar-refractivity contribution >= 4 is 11.5 Å². The third kappa shape index (κ3) is 3.46. The summed E-state index contributed by atoms with van der Waals surface area (Å²) < 4.78 is 57.0. The third-order valence-electron chi connectivity index (χ3n) is 4.90. The third-order valence-corrected chi connectivity index (χ3v) is 4.90. The minimum absolute atomic E-state index is 0.00806. The van der Waals surface area contributed by atoms with Crippen LogP contribution in [0.3, 0.4) is 0 Å². The molecule has 0 unspecified atom stereocenters. The Morgan fingerprint density at radius 3 is 2.79 bits per heavy atom. The normalized spacial score (nSPS) is 23.9. The van der Waals surface area contributed by atoms with Gasteiger partial charge in [-0.15, -0.1) is 5.10 Å². The molecule has 0 amide bonds. The summed E-state index contributed by atoms with van der Waals surface area (Å²) >= 11 is 0. The van der Waals surface area contributed by atoms with Gasteiger partial charge in [0.05, 0.1) is 6.85 Å². The molecule has 150 valence electrons. The highest BCUT2D eigenvalue weighted by molar-refractivity contribution is 5.52. The Hall–Kier alpha value is -3.29. The van der Waals surface area contributed by atoms with E-state index in [9.17, 15) is 4.79 Å². The summed E-state index contributed by atoms with van der Waals surface area (Å²) in [6, 6.07) is 7.53. The van der Waals surface area contributed by atoms with Crippen molar-refractivity contribution in [3.05, 3.63) is 52.4 Å². The molecular weight excluding hydrogens is 372 g/mol. The Kier molecular flexibility index (Phi) is 3.27. The van der Waals surface area contributed by atoms with Crippen LogP contribution in [0, 0.1) is 6.92 Å². The van der Waals surface area contributed by atoms with E-state index in [-0.39, 0.29) is 17.1 Å². The molecule has 0 N–H and O–H groups in total. The van der Waals surface area contributed by atoms with Crippen LogP contribution in [0.15, 0.2) is 41.3 Å². The largest absolute Gasteiger partial charge is 0.490 e. The molecule has 0 bridgehead atoms. The van der Waals surface area contributed by atoms with E-state index in [0.717, 1.165) is 5.56 Å². The number of nitrogens with zero attached hydrogens (tertiary/aromatic N) is 4. The van der Waals surface area contributed by atoms with Crippen LogP contribution in [0.25, 0.3) is 5.65 Å². The van der Waals surface area contributed by atoms with Gasteiger partial charge in [-0.1, -0.05) is 0 Å².